The molecule has 132 valence electrons. The van der Waals surface area contributed by atoms with Gasteiger partial charge < -0.3 is 13.9 Å². The van der Waals surface area contributed by atoms with Crippen LogP contribution in [0.1, 0.15) is 18.4 Å². The van der Waals surface area contributed by atoms with Gasteiger partial charge in [-0.05, 0) is 60.4 Å². The van der Waals surface area contributed by atoms with Gasteiger partial charge in [0.05, 0.1) is 18.7 Å². The highest BCUT2D eigenvalue weighted by atomic mass is 127. The Labute approximate surface area is 163 Å². The molecule has 4 nitrogen and oxygen atoms in total. The van der Waals surface area contributed by atoms with E-state index < -0.39 is 8.32 Å². The first-order valence-electron chi connectivity index (χ1n) is 7.95. The molecular formula is C17H23ClINO3Si. The third-order valence-electron chi connectivity index (χ3n) is 3.27. The topological polar surface area (TPSA) is 40.0 Å². The lowest BCUT2D eigenvalue weighted by Crippen LogP contribution is -2.26. The molecule has 1 aliphatic heterocycles. The summed E-state index contributed by atoms with van der Waals surface area (Å²) >= 11 is 8.12. The van der Waals surface area contributed by atoms with Crippen LogP contribution in [0.15, 0.2) is 34.6 Å². The molecule has 0 aromatic heterocycles. The fourth-order valence-electron chi connectivity index (χ4n) is 2.22. The summed E-state index contributed by atoms with van der Waals surface area (Å²) < 4.78 is 18.5. The molecule has 1 aliphatic rings. The van der Waals surface area contributed by atoms with Crippen LogP contribution in [0.4, 0.5) is 0 Å². The minimum absolute atomic E-state index is 0.187. The van der Waals surface area contributed by atoms with Gasteiger partial charge in [0.25, 0.3) is 0 Å². The summed E-state index contributed by atoms with van der Waals surface area (Å²) in [4.78, 5) is 4.40. The minimum atomic E-state index is -1.75. The smallest absolute Gasteiger partial charge is 0.244 e. The van der Waals surface area contributed by atoms with Crippen molar-refractivity contribution in [3.8, 4) is 5.75 Å². The molecule has 0 spiro atoms. The monoisotopic (exact) mass is 479 g/mol. The molecule has 0 aliphatic carbocycles. The first-order valence-corrected chi connectivity index (χ1v) is 12.9. The van der Waals surface area contributed by atoms with Crippen LogP contribution in [-0.4, -0.2) is 33.8 Å². The van der Waals surface area contributed by atoms with E-state index in [9.17, 15) is 0 Å². The van der Waals surface area contributed by atoms with Crippen molar-refractivity contribution in [2.75, 3.05) is 13.2 Å². The molecule has 0 radical (unpaired) electrons. The fourth-order valence-corrected chi connectivity index (χ4v) is 3.65. The van der Waals surface area contributed by atoms with Crippen LogP contribution in [0, 0.1) is 3.57 Å². The molecule has 0 unspecified atom stereocenters. The molecule has 7 heteroatoms. The third kappa shape index (κ3) is 6.74. The lowest BCUT2D eigenvalue weighted by atomic mass is 10.1. The highest BCUT2D eigenvalue weighted by molar-refractivity contribution is 14.1. The molecule has 1 aromatic carbocycles. The molecule has 0 saturated carbocycles. The SMILES string of the molecule is C[Si](C)(C)OC(=CCl)N=Cc1cc(I)ccc1OC1CCOCC1. The molecule has 24 heavy (non-hydrogen) atoms. The van der Waals surface area contributed by atoms with Gasteiger partial charge in [-0.1, -0.05) is 11.6 Å². The largest absolute Gasteiger partial charge is 0.531 e. The molecule has 2 rings (SSSR count). The lowest BCUT2D eigenvalue weighted by molar-refractivity contribution is 0.0255. The van der Waals surface area contributed by atoms with Crippen molar-refractivity contribution in [2.24, 2.45) is 4.99 Å². The normalized spacial score (nSPS) is 17.3. The van der Waals surface area contributed by atoms with E-state index in [4.69, 9.17) is 25.5 Å². The van der Waals surface area contributed by atoms with Crippen LogP contribution in [0.5, 0.6) is 5.75 Å². The second-order valence-corrected chi connectivity index (χ2v) is 12.4. The molecular weight excluding hydrogens is 457 g/mol. The van der Waals surface area contributed by atoms with E-state index in [0.717, 1.165) is 40.9 Å². The number of ether oxygens (including phenoxy) is 2. The Balaban J connectivity index is 2.15. The van der Waals surface area contributed by atoms with Gasteiger partial charge in [0, 0.05) is 28.2 Å². The van der Waals surface area contributed by atoms with E-state index >= 15 is 0 Å². The number of aliphatic imine (C=N–C) groups is 1. The van der Waals surface area contributed by atoms with Gasteiger partial charge in [-0.25, -0.2) is 4.99 Å². The van der Waals surface area contributed by atoms with Gasteiger partial charge in [0.2, 0.25) is 14.2 Å². The van der Waals surface area contributed by atoms with Crippen molar-refractivity contribution in [3.05, 3.63) is 38.8 Å². The van der Waals surface area contributed by atoms with E-state index in [1.54, 1.807) is 6.21 Å². The number of nitrogens with zero attached hydrogens (tertiary/aromatic N) is 1. The summed E-state index contributed by atoms with van der Waals surface area (Å²) in [5, 5.41) is 0. The minimum Gasteiger partial charge on any atom is -0.531 e. The molecule has 0 atom stereocenters. The quantitative estimate of drug-likeness (QED) is 0.245. The summed E-state index contributed by atoms with van der Waals surface area (Å²) in [6.45, 7) is 7.78. The van der Waals surface area contributed by atoms with Gasteiger partial charge in [-0.3, -0.25) is 0 Å². The number of rotatable bonds is 6. The standard InChI is InChI=1S/C17H23ClINO3Si/c1-24(2,3)23-17(11-18)20-12-13-10-14(19)4-5-16(13)22-15-6-8-21-9-7-15/h4-5,10-12,15H,6-9H2,1-3H3. The Morgan fingerprint density at radius 1 is 1.33 bits per heavy atom. The Hall–Kier alpha value is -0.573. The van der Waals surface area contributed by atoms with Crippen molar-refractivity contribution in [1.29, 1.82) is 0 Å². The molecule has 1 heterocycles. The third-order valence-corrected chi connectivity index (χ3v) is 4.95. The van der Waals surface area contributed by atoms with Gasteiger partial charge in [0.15, 0.2) is 0 Å². The van der Waals surface area contributed by atoms with Crippen LogP contribution in [0.2, 0.25) is 19.6 Å². The number of benzene rings is 1. The van der Waals surface area contributed by atoms with Crippen LogP contribution >= 0.6 is 34.2 Å². The Morgan fingerprint density at radius 3 is 2.67 bits per heavy atom. The summed E-state index contributed by atoms with van der Waals surface area (Å²) in [5.41, 5.74) is 2.30. The molecule has 0 N–H and O–H groups in total. The van der Waals surface area contributed by atoms with E-state index in [1.807, 2.05) is 18.2 Å². The predicted octanol–water partition coefficient (Wildman–Crippen LogP) is 5.16. The van der Waals surface area contributed by atoms with Gasteiger partial charge in [0.1, 0.15) is 11.9 Å². The molecule has 1 saturated heterocycles. The second-order valence-electron chi connectivity index (χ2n) is 6.53. The van der Waals surface area contributed by atoms with Crippen molar-refractivity contribution in [1.82, 2.24) is 0 Å². The van der Waals surface area contributed by atoms with Crippen molar-refractivity contribution >= 4 is 48.7 Å². The summed E-state index contributed by atoms with van der Waals surface area (Å²) in [6, 6.07) is 6.06. The number of hydrogen-bond acceptors (Lipinski definition) is 4. The van der Waals surface area contributed by atoms with Crippen molar-refractivity contribution < 1.29 is 13.9 Å². The average Bonchev–Trinajstić information content (AvgIpc) is 2.53. The maximum absolute atomic E-state index is 6.15. The molecule has 1 fully saturated rings. The van der Waals surface area contributed by atoms with E-state index in [1.165, 1.54) is 5.54 Å². The zero-order valence-corrected chi connectivity index (χ0v) is 18.1. The lowest BCUT2D eigenvalue weighted by Gasteiger charge is -2.24. The highest BCUT2D eigenvalue weighted by Crippen LogP contribution is 2.24. The van der Waals surface area contributed by atoms with Crippen LogP contribution in [0.25, 0.3) is 0 Å². The summed E-state index contributed by atoms with van der Waals surface area (Å²) in [6.07, 6.45) is 3.76. The predicted molar refractivity (Wildman–Crippen MR) is 110 cm³/mol. The van der Waals surface area contributed by atoms with Gasteiger partial charge >= 0.3 is 0 Å². The number of halogens is 2. The van der Waals surface area contributed by atoms with Gasteiger partial charge in [-0.2, -0.15) is 0 Å². The molecule has 0 amide bonds. The first kappa shape index (κ1) is 19.7. The Bertz CT molecular complexity index is 610. The van der Waals surface area contributed by atoms with E-state index in [-0.39, 0.29) is 6.10 Å². The maximum atomic E-state index is 6.15. The van der Waals surface area contributed by atoms with E-state index in [2.05, 4.69) is 47.2 Å². The Kier molecular flexibility index (Phi) is 7.58. The fraction of sp³-hybridized carbons (Fsp3) is 0.471. The number of hydrogen-bond donors (Lipinski definition) is 0. The first-order chi connectivity index (χ1) is 11.4. The summed E-state index contributed by atoms with van der Waals surface area (Å²) in [5.74, 6) is 1.26. The van der Waals surface area contributed by atoms with Crippen LogP contribution in [-0.2, 0) is 9.16 Å². The Morgan fingerprint density at radius 2 is 2.04 bits per heavy atom. The summed E-state index contributed by atoms with van der Waals surface area (Å²) in [7, 11) is -1.75. The molecule has 1 aromatic rings. The average molecular weight is 480 g/mol. The zero-order valence-electron chi connectivity index (χ0n) is 14.2. The second kappa shape index (κ2) is 9.21. The molecule has 0 bridgehead atoms. The van der Waals surface area contributed by atoms with Crippen LogP contribution < -0.4 is 4.74 Å². The van der Waals surface area contributed by atoms with E-state index in [0.29, 0.717) is 5.88 Å². The van der Waals surface area contributed by atoms with Crippen molar-refractivity contribution in [3.63, 3.8) is 0 Å². The van der Waals surface area contributed by atoms with Crippen LogP contribution in [0.3, 0.4) is 0 Å². The van der Waals surface area contributed by atoms with Gasteiger partial charge in [-0.15, -0.1) is 0 Å². The zero-order chi connectivity index (χ0) is 17.6. The van der Waals surface area contributed by atoms with Crippen molar-refractivity contribution in [2.45, 2.75) is 38.6 Å². The highest BCUT2D eigenvalue weighted by Gasteiger charge is 2.18. The maximum Gasteiger partial charge on any atom is 0.244 e.